The van der Waals surface area contributed by atoms with Crippen LogP contribution in [0.25, 0.3) is 0 Å². The van der Waals surface area contributed by atoms with E-state index in [-0.39, 0.29) is 0 Å². The van der Waals surface area contributed by atoms with Crippen molar-refractivity contribution in [3.05, 3.63) is 5.82 Å². The van der Waals surface area contributed by atoms with E-state index in [0.717, 1.165) is 11.5 Å². The number of nitrogens with two attached hydrogens (primary N) is 1. The van der Waals surface area contributed by atoms with E-state index in [1.54, 1.807) is 0 Å². The van der Waals surface area contributed by atoms with Gasteiger partial charge >= 0.3 is 0 Å². The van der Waals surface area contributed by atoms with Crippen LogP contribution in [0.2, 0.25) is 0 Å². The van der Waals surface area contributed by atoms with Gasteiger partial charge < -0.3 is 10.6 Å². The molecule has 64 valence electrons. The quantitative estimate of drug-likeness (QED) is 0.438. The van der Waals surface area contributed by atoms with E-state index in [2.05, 4.69) is 31.6 Å². The molecular weight excluding hydrogens is 196 g/mol. The molecule has 0 fully saturated rings. The second-order valence-corrected chi connectivity index (χ2v) is 2.75. The Balaban J connectivity index is 2.94. The fraction of sp³-hybridized carbons (Fsp3) is 0.200. The summed E-state index contributed by atoms with van der Waals surface area (Å²) in [5.41, 5.74) is 5.77. The van der Waals surface area contributed by atoms with Crippen LogP contribution < -0.4 is 5.73 Å². The smallest absolute Gasteiger partial charge is 0.200 e. The van der Waals surface area contributed by atoms with Gasteiger partial charge in [-0.3, -0.25) is 0 Å². The molecule has 0 aliphatic heterocycles. The minimum absolute atomic E-state index is 0.380. The van der Waals surface area contributed by atoms with E-state index in [9.17, 15) is 0 Å². The highest BCUT2D eigenvalue weighted by Gasteiger charge is 2.06. The van der Waals surface area contributed by atoms with Gasteiger partial charge in [0.15, 0.2) is 16.7 Å². The van der Waals surface area contributed by atoms with Crippen LogP contribution in [0, 0.1) is 0 Å². The number of thiocarbonyl (C=S) groups is 1. The van der Waals surface area contributed by atoms with Crippen molar-refractivity contribution in [2.75, 3.05) is 12.8 Å². The largest absolute Gasteiger partial charge is 0.399 e. The zero-order chi connectivity index (χ0) is 8.97. The summed E-state index contributed by atoms with van der Waals surface area (Å²) in [6.45, 7) is 0. The molecule has 7 heteroatoms. The van der Waals surface area contributed by atoms with Crippen molar-refractivity contribution < 1.29 is 4.84 Å². The topological polar surface area (TPSA) is 73.4 Å². The summed E-state index contributed by atoms with van der Waals surface area (Å²) in [6.07, 6.45) is 0. The first-order valence-corrected chi connectivity index (χ1v) is 4.18. The number of nitrogen functional groups attached to an aromatic ring is 1. The Morgan fingerprint density at radius 2 is 2.58 bits per heavy atom. The van der Waals surface area contributed by atoms with Crippen molar-refractivity contribution in [1.29, 1.82) is 0 Å². The molecule has 0 amide bonds. The van der Waals surface area contributed by atoms with Crippen LogP contribution in [0.15, 0.2) is 5.16 Å². The number of oxime groups is 1. The number of hydrogen-bond acceptors (Lipinski definition) is 7. The summed E-state index contributed by atoms with van der Waals surface area (Å²) in [4.78, 5) is 8.41. The molecule has 0 radical (unpaired) electrons. The molecule has 12 heavy (non-hydrogen) atoms. The fourth-order valence-corrected chi connectivity index (χ4v) is 1.14. The molecule has 1 heterocycles. The molecule has 0 aliphatic rings. The summed E-state index contributed by atoms with van der Waals surface area (Å²) < 4.78 is 3.90. The van der Waals surface area contributed by atoms with Gasteiger partial charge in [0, 0.05) is 16.9 Å². The van der Waals surface area contributed by atoms with E-state index in [1.807, 2.05) is 0 Å². The van der Waals surface area contributed by atoms with Gasteiger partial charge in [0.05, 0.1) is 0 Å². The predicted octanol–water partition coefficient (Wildman–Crippen LogP) is 0.471. The van der Waals surface area contributed by atoms with Crippen molar-refractivity contribution in [3.63, 3.8) is 0 Å². The SMILES string of the molecule is CO/N=C(\C=S)c1nsc(N)n1. The third kappa shape index (κ3) is 1.95. The first-order valence-electron chi connectivity index (χ1n) is 2.94. The minimum Gasteiger partial charge on any atom is -0.399 e. The van der Waals surface area contributed by atoms with Crippen molar-refractivity contribution in [1.82, 2.24) is 9.36 Å². The summed E-state index contributed by atoms with van der Waals surface area (Å²) in [6, 6.07) is 0. The van der Waals surface area contributed by atoms with Crippen LogP contribution in [-0.4, -0.2) is 27.5 Å². The van der Waals surface area contributed by atoms with E-state index in [0.29, 0.717) is 16.7 Å². The lowest BCUT2D eigenvalue weighted by Gasteiger charge is -1.90. The number of anilines is 1. The molecule has 0 aromatic carbocycles. The summed E-state index contributed by atoms with van der Waals surface area (Å²) >= 11 is 5.77. The van der Waals surface area contributed by atoms with Crippen LogP contribution in [0.4, 0.5) is 5.13 Å². The molecule has 5 nitrogen and oxygen atoms in total. The van der Waals surface area contributed by atoms with Crippen molar-refractivity contribution in [2.45, 2.75) is 0 Å². The van der Waals surface area contributed by atoms with Gasteiger partial charge in [-0.2, -0.15) is 9.36 Å². The zero-order valence-electron chi connectivity index (χ0n) is 6.22. The Bertz CT molecular complexity index is 308. The van der Waals surface area contributed by atoms with Gasteiger partial charge in [0.1, 0.15) is 7.11 Å². The normalized spacial score (nSPS) is 11.2. The van der Waals surface area contributed by atoms with Crippen LogP contribution in [-0.2, 0) is 4.84 Å². The molecule has 0 unspecified atom stereocenters. The number of hydrogen-bond donors (Lipinski definition) is 1. The van der Waals surface area contributed by atoms with Crippen LogP contribution >= 0.6 is 23.8 Å². The van der Waals surface area contributed by atoms with E-state index in [1.165, 1.54) is 12.5 Å². The molecule has 0 saturated heterocycles. The lowest BCUT2D eigenvalue weighted by Crippen LogP contribution is -2.04. The van der Waals surface area contributed by atoms with Gasteiger partial charge in [-0.05, 0) is 0 Å². The van der Waals surface area contributed by atoms with Gasteiger partial charge in [-0.15, -0.1) is 0 Å². The first kappa shape index (κ1) is 9.01. The third-order valence-corrected chi connectivity index (χ3v) is 1.74. The summed E-state index contributed by atoms with van der Waals surface area (Å²) in [7, 11) is 1.43. The Labute approximate surface area is 78.4 Å². The summed E-state index contributed by atoms with van der Waals surface area (Å²) in [5, 5.41) is 5.33. The molecule has 0 saturated carbocycles. The Morgan fingerprint density at radius 3 is 3.00 bits per heavy atom. The number of aromatic nitrogens is 2. The molecule has 0 aliphatic carbocycles. The number of rotatable bonds is 3. The monoisotopic (exact) mass is 202 g/mol. The Morgan fingerprint density at radius 1 is 1.83 bits per heavy atom. The highest BCUT2D eigenvalue weighted by atomic mass is 32.1. The highest BCUT2D eigenvalue weighted by molar-refractivity contribution is 7.80. The Hall–Kier alpha value is -1.08. The molecule has 0 bridgehead atoms. The van der Waals surface area contributed by atoms with Crippen molar-refractivity contribution in [2.24, 2.45) is 5.16 Å². The lowest BCUT2D eigenvalue weighted by atomic mass is 10.4. The van der Waals surface area contributed by atoms with Gasteiger partial charge in [0.2, 0.25) is 0 Å². The second kappa shape index (κ2) is 4.07. The molecular formula is C5H6N4OS2. The summed E-state index contributed by atoms with van der Waals surface area (Å²) in [5.74, 6) is 0.398. The standard InChI is InChI=1S/C5H6N4OS2/c1-10-8-3(2-11)4-7-5(6)12-9-4/h2H,1H3,(H2,6,7,9)/b8-3+. The van der Waals surface area contributed by atoms with Crippen LogP contribution in [0.5, 0.6) is 0 Å². The molecule has 0 atom stereocenters. The maximum Gasteiger partial charge on any atom is 0.200 e. The van der Waals surface area contributed by atoms with Gasteiger partial charge in [-0.1, -0.05) is 17.4 Å². The Kier molecular flexibility index (Phi) is 3.06. The maximum atomic E-state index is 5.37. The van der Waals surface area contributed by atoms with E-state index in [4.69, 9.17) is 5.73 Å². The molecule has 2 N–H and O–H groups in total. The average Bonchev–Trinajstić information content (AvgIpc) is 2.47. The molecule has 1 aromatic heterocycles. The van der Waals surface area contributed by atoms with Crippen LogP contribution in [0.3, 0.4) is 0 Å². The van der Waals surface area contributed by atoms with Crippen molar-refractivity contribution >= 4 is 40.0 Å². The highest BCUT2D eigenvalue weighted by Crippen LogP contribution is 2.05. The first-order chi connectivity index (χ1) is 5.77. The van der Waals surface area contributed by atoms with Crippen LogP contribution in [0.1, 0.15) is 5.82 Å². The minimum atomic E-state index is 0.380. The molecule has 1 aromatic rings. The zero-order valence-corrected chi connectivity index (χ0v) is 7.85. The molecule has 0 spiro atoms. The second-order valence-electron chi connectivity index (χ2n) is 1.73. The average molecular weight is 202 g/mol. The number of nitrogens with zero attached hydrogens (tertiary/aromatic N) is 3. The van der Waals surface area contributed by atoms with E-state index >= 15 is 0 Å². The fourth-order valence-electron chi connectivity index (χ4n) is 0.553. The van der Waals surface area contributed by atoms with Gasteiger partial charge in [-0.25, -0.2) is 0 Å². The third-order valence-electron chi connectivity index (χ3n) is 0.972. The maximum absolute atomic E-state index is 5.37. The van der Waals surface area contributed by atoms with E-state index < -0.39 is 0 Å². The lowest BCUT2D eigenvalue weighted by molar-refractivity contribution is 0.214. The predicted molar refractivity (Wildman–Crippen MR) is 51.5 cm³/mol. The van der Waals surface area contributed by atoms with Crippen molar-refractivity contribution in [3.8, 4) is 0 Å². The van der Waals surface area contributed by atoms with Gasteiger partial charge in [0.25, 0.3) is 0 Å². The molecule has 1 rings (SSSR count).